The van der Waals surface area contributed by atoms with Crippen LogP contribution in [0, 0.1) is 0 Å². The highest BCUT2D eigenvalue weighted by Crippen LogP contribution is 2.33. The molecule has 2 rings (SSSR count). The van der Waals surface area contributed by atoms with Crippen molar-refractivity contribution < 1.29 is 9.90 Å². The number of nitrogens with one attached hydrogen (secondary N) is 1. The van der Waals surface area contributed by atoms with Crippen LogP contribution in [-0.2, 0) is 4.79 Å². The Bertz CT molecular complexity index is 465. The normalized spacial score (nSPS) is 17.8. The summed E-state index contributed by atoms with van der Waals surface area (Å²) in [5.74, 6) is 0.304. The summed E-state index contributed by atoms with van der Waals surface area (Å²) in [6.07, 6.45) is 0.483. The molecule has 1 aromatic carbocycles. The van der Waals surface area contributed by atoms with Gasteiger partial charge in [-0.2, -0.15) is 0 Å². The number of carbonyl (C=O) groups excluding carboxylic acids is 1. The zero-order valence-corrected chi connectivity index (χ0v) is 11.8. The van der Waals surface area contributed by atoms with Gasteiger partial charge in [-0.25, -0.2) is 0 Å². The van der Waals surface area contributed by atoms with E-state index < -0.39 is 5.60 Å². The lowest BCUT2D eigenvalue weighted by Gasteiger charge is -2.26. The van der Waals surface area contributed by atoms with Crippen LogP contribution in [0.1, 0.15) is 31.7 Å². The molecule has 1 heterocycles. The summed E-state index contributed by atoms with van der Waals surface area (Å²) in [7, 11) is 1.74. The Hall–Kier alpha value is -1.55. The second-order valence-corrected chi connectivity index (χ2v) is 5.93. The number of amides is 1. The van der Waals surface area contributed by atoms with Gasteiger partial charge in [-0.1, -0.05) is 18.2 Å². The number of para-hydroxylation sites is 1. The van der Waals surface area contributed by atoms with E-state index in [9.17, 15) is 9.90 Å². The molecule has 1 aliphatic rings. The van der Waals surface area contributed by atoms with Gasteiger partial charge in [-0.05, 0) is 25.5 Å². The van der Waals surface area contributed by atoms with Gasteiger partial charge in [0, 0.05) is 38.2 Å². The van der Waals surface area contributed by atoms with Crippen LogP contribution >= 0.6 is 0 Å². The van der Waals surface area contributed by atoms with Gasteiger partial charge in [0.05, 0.1) is 5.60 Å². The Morgan fingerprint density at radius 1 is 1.47 bits per heavy atom. The molecule has 1 atom stereocenters. The van der Waals surface area contributed by atoms with E-state index in [2.05, 4.69) is 11.4 Å². The highest BCUT2D eigenvalue weighted by Gasteiger charge is 2.26. The maximum Gasteiger partial charge on any atom is 0.223 e. The largest absolute Gasteiger partial charge is 0.389 e. The van der Waals surface area contributed by atoms with Crippen LogP contribution in [0.25, 0.3) is 0 Å². The third-order valence-corrected chi connectivity index (χ3v) is 3.41. The van der Waals surface area contributed by atoms with Gasteiger partial charge < -0.3 is 15.3 Å². The minimum atomic E-state index is -0.851. The number of fused-ring (bicyclic) bond motifs is 1. The number of hydrogen-bond acceptors (Lipinski definition) is 3. The van der Waals surface area contributed by atoms with Crippen molar-refractivity contribution in [2.75, 3.05) is 25.5 Å². The van der Waals surface area contributed by atoms with Crippen molar-refractivity contribution in [1.82, 2.24) is 4.90 Å². The molecule has 0 aromatic heterocycles. The third-order valence-electron chi connectivity index (χ3n) is 3.41. The Labute approximate surface area is 114 Å². The van der Waals surface area contributed by atoms with E-state index >= 15 is 0 Å². The van der Waals surface area contributed by atoms with E-state index in [1.807, 2.05) is 18.2 Å². The molecular weight excluding hydrogens is 240 g/mol. The van der Waals surface area contributed by atoms with Crippen LogP contribution in [-0.4, -0.2) is 41.7 Å². The molecule has 1 amide bonds. The fourth-order valence-electron chi connectivity index (χ4n) is 2.57. The van der Waals surface area contributed by atoms with Crippen molar-refractivity contribution >= 4 is 11.6 Å². The summed E-state index contributed by atoms with van der Waals surface area (Å²) in [6.45, 7) is 4.58. The van der Waals surface area contributed by atoms with Gasteiger partial charge in [-0.3, -0.25) is 4.79 Å². The van der Waals surface area contributed by atoms with Crippen LogP contribution in [0.2, 0.25) is 0 Å². The molecule has 1 aromatic rings. The molecule has 104 valence electrons. The Morgan fingerprint density at radius 3 is 2.84 bits per heavy atom. The SMILES string of the molecule is CN(CC(C)(C)O)C(=O)CC1CNc2ccccc21. The number of nitrogens with zero attached hydrogens (tertiary/aromatic N) is 1. The molecule has 0 fully saturated rings. The van der Waals surface area contributed by atoms with E-state index in [-0.39, 0.29) is 11.8 Å². The molecule has 1 aliphatic heterocycles. The highest BCUT2D eigenvalue weighted by molar-refractivity contribution is 5.78. The summed E-state index contributed by atoms with van der Waals surface area (Å²) in [4.78, 5) is 13.8. The average Bonchev–Trinajstić information content (AvgIpc) is 2.70. The van der Waals surface area contributed by atoms with Crippen molar-refractivity contribution in [3.8, 4) is 0 Å². The van der Waals surface area contributed by atoms with Gasteiger partial charge in [-0.15, -0.1) is 0 Å². The first kappa shape index (κ1) is 13.9. The molecule has 0 radical (unpaired) electrons. The molecule has 0 saturated carbocycles. The molecule has 4 nitrogen and oxygen atoms in total. The lowest BCUT2D eigenvalue weighted by atomic mass is 9.97. The van der Waals surface area contributed by atoms with E-state index in [4.69, 9.17) is 0 Å². The second-order valence-electron chi connectivity index (χ2n) is 5.93. The van der Waals surface area contributed by atoms with Crippen molar-refractivity contribution in [2.45, 2.75) is 31.8 Å². The number of hydrogen-bond donors (Lipinski definition) is 2. The number of aliphatic hydroxyl groups is 1. The van der Waals surface area contributed by atoms with Crippen molar-refractivity contribution in [3.63, 3.8) is 0 Å². The molecule has 2 N–H and O–H groups in total. The maximum atomic E-state index is 12.2. The quantitative estimate of drug-likeness (QED) is 0.870. The van der Waals surface area contributed by atoms with Gasteiger partial charge in [0.1, 0.15) is 0 Å². The van der Waals surface area contributed by atoms with E-state index in [1.165, 1.54) is 5.56 Å². The third kappa shape index (κ3) is 3.47. The fourth-order valence-corrected chi connectivity index (χ4v) is 2.57. The first-order valence-electron chi connectivity index (χ1n) is 6.66. The summed E-state index contributed by atoms with van der Waals surface area (Å²) >= 11 is 0. The Balaban J connectivity index is 1.97. The van der Waals surface area contributed by atoms with Gasteiger partial charge >= 0.3 is 0 Å². The standard InChI is InChI=1S/C15H22N2O2/c1-15(2,19)10-17(3)14(18)8-11-9-16-13-7-5-4-6-12(11)13/h4-7,11,16,19H,8-10H2,1-3H3. The number of rotatable bonds is 4. The van der Waals surface area contributed by atoms with Crippen molar-refractivity contribution in [3.05, 3.63) is 29.8 Å². The molecule has 0 saturated heterocycles. The number of benzene rings is 1. The summed E-state index contributed by atoms with van der Waals surface area (Å²) in [5.41, 5.74) is 1.49. The predicted octanol–water partition coefficient (Wildman–Crippen LogP) is 1.82. The monoisotopic (exact) mass is 262 g/mol. The lowest BCUT2D eigenvalue weighted by molar-refractivity contribution is -0.132. The minimum Gasteiger partial charge on any atom is -0.389 e. The van der Waals surface area contributed by atoms with Crippen LogP contribution < -0.4 is 5.32 Å². The van der Waals surface area contributed by atoms with Crippen molar-refractivity contribution in [2.24, 2.45) is 0 Å². The summed E-state index contributed by atoms with van der Waals surface area (Å²) in [5, 5.41) is 13.1. The summed E-state index contributed by atoms with van der Waals surface area (Å²) in [6, 6.07) is 8.11. The van der Waals surface area contributed by atoms with Gasteiger partial charge in [0.2, 0.25) is 5.91 Å². The first-order valence-corrected chi connectivity index (χ1v) is 6.66. The average molecular weight is 262 g/mol. The second kappa shape index (κ2) is 5.21. The number of carbonyl (C=O) groups is 1. The molecule has 0 spiro atoms. The number of anilines is 1. The molecule has 1 unspecified atom stereocenters. The minimum absolute atomic E-state index is 0.0747. The molecular formula is C15H22N2O2. The van der Waals surface area contributed by atoms with E-state index in [0.29, 0.717) is 13.0 Å². The van der Waals surface area contributed by atoms with E-state index in [1.54, 1.807) is 25.8 Å². The van der Waals surface area contributed by atoms with Gasteiger partial charge in [0.25, 0.3) is 0 Å². The fraction of sp³-hybridized carbons (Fsp3) is 0.533. The topological polar surface area (TPSA) is 52.6 Å². The molecule has 19 heavy (non-hydrogen) atoms. The number of likely N-dealkylation sites (N-methyl/N-ethyl adjacent to an activating group) is 1. The highest BCUT2D eigenvalue weighted by atomic mass is 16.3. The zero-order chi connectivity index (χ0) is 14.0. The molecule has 4 heteroatoms. The van der Waals surface area contributed by atoms with Gasteiger partial charge in [0.15, 0.2) is 0 Å². The molecule has 0 bridgehead atoms. The zero-order valence-electron chi connectivity index (χ0n) is 11.8. The molecule has 0 aliphatic carbocycles. The summed E-state index contributed by atoms with van der Waals surface area (Å²) < 4.78 is 0. The van der Waals surface area contributed by atoms with Crippen LogP contribution in [0.15, 0.2) is 24.3 Å². The maximum absolute atomic E-state index is 12.2. The van der Waals surface area contributed by atoms with Crippen molar-refractivity contribution in [1.29, 1.82) is 0 Å². The Kier molecular flexibility index (Phi) is 3.80. The van der Waals surface area contributed by atoms with Crippen LogP contribution in [0.4, 0.5) is 5.69 Å². The predicted molar refractivity (Wildman–Crippen MR) is 76.2 cm³/mol. The van der Waals surface area contributed by atoms with Crippen LogP contribution in [0.5, 0.6) is 0 Å². The first-order chi connectivity index (χ1) is 8.87. The Morgan fingerprint density at radius 2 is 2.16 bits per heavy atom. The van der Waals surface area contributed by atoms with E-state index in [0.717, 1.165) is 12.2 Å². The lowest BCUT2D eigenvalue weighted by Crippen LogP contribution is -2.40. The smallest absolute Gasteiger partial charge is 0.223 e. The van der Waals surface area contributed by atoms with Crippen LogP contribution in [0.3, 0.4) is 0 Å².